The molecule has 0 aromatic heterocycles. The Morgan fingerprint density at radius 2 is 2.13 bits per heavy atom. The van der Waals surface area contributed by atoms with Crippen LogP contribution in [0.1, 0.15) is 0 Å². The first-order valence-corrected chi connectivity index (χ1v) is 7.10. The standard InChI is InChI=1S/C7H5BrF2IO3P/c8-5-2-1-4(11)3-6(5)14-15(12,13)7(9)10/h1-3,7H,(H,12,13). The molecule has 0 spiro atoms. The molecule has 3 nitrogen and oxygen atoms in total. The van der Waals surface area contributed by atoms with Crippen LogP contribution in [0.15, 0.2) is 22.7 Å². The molecule has 0 radical (unpaired) electrons. The minimum Gasteiger partial charge on any atom is -0.420 e. The fourth-order valence-electron chi connectivity index (χ4n) is 0.728. The Morgan fingerprint density at radius 3 is 2.67 bits per heavy atom. The Labute approximate surface area is 107 Å². The molecule has 0 fully saturated rings. The second kappa shape index (κ2) is 5.07. The minimum absolute atomic E-state index is 0.0759. The first-order chi connectivity index (χ1) is 6.83. The zero-order valence-corrected chi connectivity index (χ0v) is 11.7. The van der Waals surface area contributed by atoms with Gasteiger partial charge in [-0.3, -0.25) is 0 Å². The fourth-order valence-corrected chi connectivity index (χ4v) is 2.16. The predicted molar refractivity (Wildman–Crippen MR) is 63.3 cm³/mol. The van der Waals surface area contributed by atoms with Crippen LogP contribution in [0.4, 0.5) is 8.78 Å². The van der Waals surface area contributed by atoms with Gasteiger partial charge in [-0.25, -0.2) is 4.57 Å². The van der Waals surface area contributed by atoms with Crippen LogP contribution < -0.4 is 4.52 Å². The molecule has 1 rings (SSSR count). The lowest BCUT2D eigenvalue weighted by Gasteiger charge is -2.13. The third-order valence-electron chi connectivity index (χ3n) is 1.37. The highest BCUT2D eigenvalue weighted by Crippen LogP contribution is 2.50. The molecule has 1 aromatic rings. The summed E-state index contributed by atoms with van der Waals surface area (Å²) >= 11 is 4.96. The van der Waals surface area contributed by atoms with Crippen LogP contribution >= 0.6 is 46.1 Å². The highest BCUT2D eigenvalue weighted by Gasteiger charge is 2.34. The number of rotatable bonds is 3. The average molecular weight is 413 g/mol. The first kappa shape index (κ1) is 13.3. The van der Waals surface area contributed by atoms with Gasteiger partial charge in [0.05, 0.1) is 4.47 Å². The molecule has 15 heavy (non-hydrogen) atoms. The molecule has 8 heteroatoms. The van der Waals surface area contributed by atoms with E-state index in [4.69, 9.17) is 4.89 Å². The van der Waals surface area contributed by atoms with Gasteiger partial charge in [0.15, 0.2) is 0 Å². The van der Waals surface area contributed by atoms with Crippen LogP contribution in [-0.4, -0.2) is 11.1 Å². The van der Waals surface area contributed by atoms with E-state index in [1.807, 2.05) is 22.6 Å². The maximum absolute atomic E-state index is 12.1. The summed E-state index contributed by atoms with van der Waals surface area (Å²) in [6.45, 7) is 0. The van der Waals surface area contributed by atoms with Gasteiger partial charge in [-0.1, -0.05) is 0 Å². The van der Waals surface area contributed by atoms with Crippen LogP contribution in [0, 0.1) is 3.57 Å². The normalized spacial score (nSPS) is 15.1. The van der Waals surface area contributed by atoms with Crippen molar-refractivity contribution in [3.05, 3.63) is 26.2 Å². The Bertz CT molecular complexity index is 415. The molecule has 0 amide bonds. The van der Waals surface area contributed by atoms with Crippen molar-refractivity contribution in [2.45, 2.75) is 6.17 Å². The monoisotopic (exact) mass is 412 g/mol. The van der Waals surface area contributed by atoms with Crippen molar-refractivity contribution in [2.75, 3.05) is 0 Å². The van der Waals surface area contributed by atoms with Gasteiger partial charge in [0.25, 0.3) is 0 Å². The molecule has 0 aliphatic heterocycles. The van der Waals surface area contributed by atoms with Crippen LogP contribution in [0.2, 0.25) is 0 Å². The third-order valence-corrected chi connectivity index (χ3v) is 3.65. The maximum Gasteiger partial charge on any atom is 0.442 e. The van der Waals surface area contributed by atoms with E-state index < -0.39 is 13.8 Å². The molecule has 1 unspecified atom stereocenters. The van der Waals surface area contributed by atoms with E-state index in [1.54, 1.807) is 12.1 Å². The second-order valence-corrected chi connectivity index (χ2v) is 6.31. The Kier molecular flexibility index (Phi) is 4.51. The first-order valence-electron chi connectivity index (χ1n) is 3.58. The van der Waals surface area contributed by atoms with E-state index in [1.165, 1.54) is 6.07 Å². The molecule has 0 bridgehead atoms. The molecule has 1 N–H and O–H groups in total. The molecular formula is C7H5BrF2IO3P. The van der Waals surface area contributed by atoms with Crippen molar-refractivity contribution in [3.63, 3.8) is 0 Å². The van der Waals surface area contributed by atoms with E-state index in [-0.39, 0.29) is 5.75 Å². The van der Waals surface area contributed by atoms with Gasteiger partial charge in [0, 0.05) is 3.57 Å². The Hall–Kier alpha value is 0.280. The van der Waals surface area contributed by atoms with Gasteiger partial charge in [-0.2, -0.15) is 8.78 Å². The van der Waals surface area contributed by atoms with Gasteiger partial charge < -0.3 is 9.42 Å². The van der Waals surface area contributed by atoms with Gasteiger partial charge in [0.2, 0.25) is 0 Å². The lowest BCUT2D eigenvalue weighted by atomic mass is 10.3. The molecular weight excluding hydrogens is 408 g/mol. The summed E-state index contributed by atoms with van der Waals surface area (Å²) < 4.78 is 40.5. The summed E-state index contributed by atoms with van der Waals surface area (Å²) in [7, 11) is -4.90. The lowest BCUT2D eigenvalue weighted by molar-refractivity contribution is 0.188. The largest absolute Gasteiger partial charge is 0.442 e. The quantitative estimate of drug-likeness (QED) is 0.606. The van der Waals surface area contributed by atoms with Crippen LogP contribution in [0.5, 0.6) is 5.75 Å². The molecule has 0 heterocycles. The molecule has 1 atom stereocenters. The molecule has 0 saturated heterocycles. The smallest absolute Gasteiger partial charge is 0.420 e. The Morgan fingerprint density at radius 1 is 1.53 bits per heavy atom. The van der Waals surface area contributed by atoms with Gasteiger partial charge in [-0.15, -0.1) is 0 Å². The van der Waals surface area contributed by atoms with Crippen molar-refractivity contribution >= 4 is 46.1 Å². The van der Waals surface area contributed by atoms with E-state index in [9.17, 15) is 13.3 Å². The highest BCUT2D eigenvalue weighted by molar-refractivity contribution is 14.1. The van der Waals surface area contributed by atoms with Crippen LogP contribution in [0.3, 0.4) is 0 Å². The van der Waals surface area contributed by atoms with Crippen molar-refractivity contribution < 1.29 is 22.8 Å². The number of halogens is 4. The SMILES string of the molecule is O=P(O)(Oc1cc(I)ccc1Br)C(F)F. The summed E-state index contributed by atoms with van der Waals surface area (Å²) in [5, 5.41) is 0. The van der Waals surface area contributed by atoms with E-state index >= 15 is 0 Å². The third kappa shape index (κ3) is 3.65. The van der Waals surface area contributed by atoms with Crippen LogP contribution in [0.25, 0.3) is 0 Å². The molecule has 1 aromatic carbocycles. The topological polar surface area (TPSA) is 46.5 Å². The zero-order chi connectivity index (χ0) is 11.6. The van der Waals surface area contributed by atoms with Gasteiger partial charge >= 0.3 is 13.8 Å². The van der Waals surface area contributed by atoms with Crippen molar-refractivity contribution in [3.8, 4) is 5.75 Å². The van der Waals surface area contributed by atoms with E-state index in [0.717, 1.165) is 0 Å². The van der Waals surface area contributed by atoms with Crippen molar-refractivity contribution in [1.82, 2.24) is 0 Å². The van der Waals surface area contributed by atoms with Gasteiger partial charge in [0.1, 0.15) is 5.75 Å². The number of hydrogen-bond donors (Lipinski definition) is 1. The summed E-state index contributed by atoms with van der Waals surface area (Å²) in [6, 6.07) is 4.63. The number of alkyl halides is 2. The highest BCUT2D eigenvalue weighted by atomic mass is 127. The summed E-state index contributed by atoms with van der Waals surface area (Å²) in [6.07, 6.45) is -3.41. The predicted octanol–water partition coefficient (Wildman–Crippen LogP) is 3.84. The fraction of sp³-hybridized carbons (Fsp3) is 0.143. The number of hydrogen-bond acceptors (Lipinski definition) is 2. The molecule has 84 valence electrons. The van der Waals surface area contributed by atoms with E-state index in [2.05, 4.69) is 20.5 Å². The maximum atomic E-state index is 12.1. The molecule has 0 aliphatic carbocycles. The summed E-state index contributed by atoms with van der Waals surface area (Å²) in [5.74, 6) is -0.0759. The van der Waals surface area contributed by atoms with Crippen molar-refractivity contribution in [2.24, 2.45) is 0 Å². The van der Waals surface area contributed by atoms with Crippen LogP contribution in [-0.2, 0) is 4.57 Å². The number of benzene rings is 1. The Balaban J connectivity index is 2.99. The second-order valence-electron chi connectivity index (χ2n) is 2.51. The average Bonchev–Trinajstić information content (AvgIpc) is 2.10. The van der Waals surface area contributed by atoms with Gasteiger partial charge in [-0.05, 0) is 56.7 Å². The van der Waals surface area contributed by atoms with E-state index in [0.29, 0.717) is 8.04 Å². The molecule has 0 aliphatic rings. The minimum atomic E-state index is -4.90. The zero-order valence-electron chi connectivity index (χ0n) is 7.03. The lowest BCUT2D eigenvalue weighted by Crippen LogP contribution is -2.01. The van der Waals surface area contributed by atoms with Crippen molar-refractivity contribution in [1.29, 1.82) is 0 Å². The summed E-state index contributed by atoms with van der Waals surface area (Å²) in [5.41, 5.74) is 0. The molecule has 0 saturated carbocycles. The summed E-state index contributed by atoms with van der Waals surface area (Å²) in [4.78, 5) is 8.82.